The normalized spacial score (nSPS) is 11.3. The summed E-state index contributed by atoms with van der Waals surface area (Å²) in [6.45, 7) is -1.37. The van der Waals surface area contributed by atoms with Crippen LogP contribution in [0.25, 0.3) is 10.8 Å². The van der Waals surface area contributed by atoms with Crippen LogP contribution in [-0.2, 0) is 0 Å². The van der Waals surface area contributed by atoms with E-state index in [9.17, 15) is 18.0 Å². The highest BCUT2D eigenvalue weighted by Gasteiger charge is 2.28. The zero-order chi connectivity index (χ0) is 17.9. The van der Waals surface area contributed by atoms with Crippen molar-refractivity contribution in [3.05, 3.63) is 53.7 Å². The van der Waals surface area contributed by atoms with E-state index < -0.39 is 18.7 Å². The maximum Gasteiger partial charge on any atom is 0.422 e. The molecule has 2 aromatic heterocycles. The number of carbonyl (C=O) groups excluding carboxylic acids is 1. The van der Waals surface area contributed by atoms with Crippen molar-refractivity contribution in [2.45, 2.75) is 6.18 Å². The first-order chi connectivity index (χ1) is 11.9. The Labute approximate surface area is 144 Å². The van der Waals surface area contributed by atoms with Crippen molar-refractivity contribution in [3.8, 4) is 16.5 Å². The van der Waals surface area contributed by atoms with Crippen molar-refractivity contribution in [1.29, 1.82) is 0 Å². The predicted octanol–water partition coefficient (Wildman–Crippen LogP) is 4.60. The van der Waals surface area contributed by atoms with Gasteiger partial charge in [0, 0.05) is 11.1 Å². The number of anilines is 1. The van der Waals surface area contributed by atoms with Crippen LogP contribution >= 0.6 is 11.3 Å². The van der Waals surface area contributed by atoms with Gasteiger partial charge in [-0.2, -0.15) is 13.2 Å². The predicted molar refractivity (Wildman–Crippen MR) is 85.8 cm³/mol. The Morgan fingerprint density at radius 2 is 2.00 bits per heavy atom. The summed E-state index contributed by atoms with van der Waals surface area (Å²) in [5.41, 5.74) is 0.630. The van der Waals surface area contributed by atoms with Gasteiger partial charge >= 0.3 is 6.18 Å². The number of furan rings is 1. The second kappa shape index (κ2) is 6.98. The summed E-state index contributed by atoms with van der Waals surface area (Å²) in [7, 11) is 0. The fraction of sp³-hybridized carbons (Fsp3) is 0.125. The van der Waals surface area contributed by atoms with Crippen LogP contribution in [0.2, 0.25) is 0 Å². The molecule has 0 radical (unpaired) electrons. The molecule has 1 amide bonds. The number of benzene rings is 1. The van der Waals surface area contributed by atoms with E-state index in [1.165, 1.54) is 41.9 Å². The fourth-order valence-corrected chi connectivity index (χ4v) is 2.65. The molecule has 130 valence electrons. The molecular weight excluding hydrogens is 357 g/mol. The zero-order valence-corrected chi connectivity index (χ0v) is 13.4. The van der Waals surface area contributed by atoms with E-state index in [2.05, 4.69) is 15.0 Å². The van der Waals surface area contributed by atoms with Crippen LogP contribution in [0.1, 0.15) is 10.5 Å². The number of halogens is 3. The summed E-state index contributed by atoms with van der Waals surface area (Å²) in [6.07, 6.45) is -2.89. The Balaban J connectivity index is 1.61. The van der Waals surface area contributed by atoms with Gasteiger partial charge in [-0.1, -0.05) is 0 Å². The standard InChI is InChI=1S/C16H11F3N2O3S/c17-16(18,19)9-24-11-5-3-10(4-6-11)20-14(22)12-8-25-15(21-12)13-2-1-7-23-13/h1-8H,9H2,(H,20,22). The lowest BCUT2D eigenvalue weighted by molar-refractivity contribution is -0.153. The molecule has 0 saturated heterocycles. The van der Waals surface area contributed by atoms with Gasteiger partial charge in [0.1, 0.15) is 11.4 Å². The Bertz CT molecular complexity index is 842. The van der Waals surface area contributed by atoms with Crippen molar-refractivity contribution in [2.75, 3.05) is 11.9 Å². The van der Waals surface area contributed by atoms with Gasteiger partial charge in [0.05, 0.1) is 6.26 Å². The SMILES string of the molecule is O=C(Nc1ccc(OCC(F)(F)F)cc1)c1csc(-c2ccco2)n1. The maximum absolute atomic E-state index is 12.2. The number of nitrogens with zero attached hydrogens (tertiary/aromatic N) is 1. The molecule has 0 bridgehead atoms. The van der Waals surface area contributed by atoms with E-state index in [0.29, 0.717) is 16.5 Å². The fourth-order valence-electron chi connectivity index (χ4n) is 1.89. The lowest BCUT2D eigenvalue weighted by Gasteiger charge is -2.09. The van der Waals surface area contributed by atoms with E-state index >= 15 is 0 Å². The third kappa shape index (κ3) is 4.60. The Morgan fingerprint density at radius 3 is 2.64 bits per heavy atom. The summed E-state index contributed by atoms with van der Waals surface area (Å²) in [6, 6.07) is 9.04. The Morgan fingerprint density at radius 1 is 1.24 bits per heavy atom. The monoisotopic (exact) mass is 368 g/mol. The molecule has 9 heteroatoms. The number of nitrogens with one attached hydrogen (secondary N) is 1. The number of carbonyl (C=O) groups is 1. The first-order valence-corrected chi connectivity index (χ1v) is 7.89. The number of hydrogen-bond acceptors (Lipinski definition) is 5. The number of aromatic nitrogens is 1. The van der Waals surface area contributed by atoms with Crippen LogP contribution in [-0.4, -0.2) is 23.7 Å². The lowest BCUT2D eigenvalue weighted by atomic mass is 10.3. The lowest BCUT2D eigenvalue weighted by Crippen LogP contribution is -2.19. The van der Waals surface area contributed by atoms with E-state index in [4.69, 9.17) is 4.42 Å². The molecule has 1 N–H and O–H groups in total. The van der Waals surface area contributed by atoms with Gasteiger partial charge in [0.25, 0.3) is 5.91 Å². The number of thiazole rings is 1. The van der Waals surface area contributed by atoms with E-state index in [0.717, 1.165) is 0 Å². The minimum Gasteiger partial charge on any atom is -0.484 e. The summed E-state index contributed by atoms with van der Waals surface area (Å²) >= 11 is 1.27. The van der Waals surface area contributed by atoms with E-state index in [-0.39, 0.29) is 11.4 Å². The van der Waals surface area contributed by atoms with Gasteiger partial charge < -0.3 is 14.5 Å². The molecule has 0 aliphatic heterocycles. The first kappa shape index (κ1) is 17.0. The van der Waals surface area contributed by atoms with Gasteiger partial charge in [-0.25, -0.2) is 4.98 Å². The summed E-state index contributed by atoms with van der Waals surface area (Å²) in [5.74, 6) is 0.192. The third-order valence-electron chi connectivity index (χ3n) is 2.98. The molecule has 1 aromatic carbocycles. The van der Waals surface area contributed by atoms with Crippen molar-refractivity contribution in [3.63, 3.8) is 0 Å². The highest BCUT2D eigenvalue weighted by atomic mass is 32.1. The average molecular weight is 368 g/mol. The Kier molecular flexibility index (Phi) is 4.75. The number of ether oxygens (including phenoxy) is 1. The van der Waals surface area contributed by atoms with E-state index in [1.807, 2.05) is 0 Å². The minimum atomic E-state index is -4.40. The van der Waals surface area contributed by atoms with Crippen molar-refractivity contribution in [2.24, 2.45) is 0 Å². The Hall–Kier alpha value is -2.81. The molecule has 0 atom stereocenters. The smallest absolute Gasteiger partial charge is 0.422 e. The highest BCUT2D eigenvalue weighted by Crippen LogP contribution is 2.25. The first-order valence-electron chi connectivity index (χ1n) is 7.01. The number of amides is 1. The number of rotatable bonds is 5. The van der Waals surface area contributed by atoms with Crippen molar-refractivity contribution in [1.82, 2.24) is 4.98 Å². The quantitative estimate of drug-likeness (QED) is 0.715. The topological polar surface area (TPSA) is 64.4 Å². The van der Waals surface area contributed by atoms with Crippen LogP contribution in [0.3, 0.4) is 0 Å². The largest absolute Gasteiger partial charge is 0.484 e. The molecule has 3 rings (SSSR count). The van der Waals surface area contributed by atoms with Gasteiger partial charge in [-0.05, 0) is 36.4 Å². The summed E-state index contributed by atoms with van der Waals surface area (Å²) < 4.78 is 46.1. The van der Waals surface area contributed by atoms with Gasteiger partial charge in [-0.3, -0.25) is 4.79 Å². The molecular formula is C16H11F3N2O3S. The number of alkyl halides is 3. The summed E-state index contributed by atoms with van der Waals surface area (Å²) in [5, 5.41) is 4.78. The molecule has 0 aliphatic carbocycles. The molecule has 5 nitrogen and oxygen atoms in total. The van der Waals surface area contributed by atoms with Gasteiger partial charge in [0.15, 0.2) is 17.4 Å². The van der Waals surface area contributed by atoms with Gasteiger partial charge in [-0.15, -0.1) is 11.3 Å². The third-order valence-corrected chi connectivity index (χ3v) is 3.84. The summed E-state index contributed by atoms with van der Waals surface area (Å²) in [4.78, 5) is 16.3. The molecule has 0 spiro atoms. The molecule has 0 fully saturated rings. The van der Waals surface area contributed by atoms with Gasteiger partial charge in [0.2, 0.25) is 0 Å². The minimum absolute atomic E-state index is 0.0593. The average Bonchev–Trinajstić information content (AvgIpc) is 3.24. The van der Waals surface area contributed by atoms with Crippen LogP contribution in [0, 0.1) is 0 Å². The molecule has 3 aromatic rings. The molecule has 2 heterocycles. The molecule has 0 unspecified atom stereocenters. The molecule has 0 saturated carbocycles. The van der Waals surface area contributed by atoms with Crippen molar-refractivity contribution < 1.29 is 27.1 Å². The highest BCUT2D eigenvalue weighted by molar-refractivity contribution is 7.13. The van der Waals surface area contributed by atoms with Crippen LogP contribution in [0.15, 0.2) is 52.5 Å². The molecule has 0 aliphatic rings. The zero-order valence-electron chi connectivity index (χ0n) is 12.5. The van der Waals surface area contributed by atoms with E-state index in [1.54, 1.807) is 17.5 Å². The van der Waals surface area contributed by atoms with Crippen molar-refractivity contribution >= 4 is 22.9 Å². The second-order valence-corrected chi connectivity index (χ2v) is 5.76. The van der Waals surface area contributed by atoms with Crippen LogP contribution in [0.5, 0.6) is 5.75 Å². The number of hydrogen-bond donors (Lipinski definition) is 1. The van der Waals surface area contributed by atoms with Crippen LogP contribution < -0.4 is 10.1 Å². The maximum atomic E-state index is 12.2. The molecule has 25 heavy (non-hydrogen) atoms. The van der Waals surface area contributed by atoms with Crippen LogP contribution in [0.4, 0.5) is 18.9 Å². The second-order valence-electron chi connectivity index (χ2n) is 4.90.